The van der Waals surface area contributed by atoms with Crippen molar-refractivity contribution < 1.29 is 14.6 Å². The molecule has 0 saturated heterocycles. The summed E-state index contributed by atoms with van der Waals surface area (Å²) in [6.07, 6.45) is 0. The lowest BCUT2D eigenvalue weighted by Crippen LogP contribution is -1.95. The highest BCUT2D eigenvalue weighted by Crippen LogP contribution is 2.38. The normalized spacial score (nSPS) is 9.77. The number of methoxy groups -OCH3 is 1. The van der Waals surface area contributed by atoms with Gasteiger partial charge in [0.05, 0.1) is 13.7 Å². The second-order valence-electron chi connectivity index (χ2n) is 2.39. The second-order valence-corrected chi connectivity index (χ2v) is 2.83. The molecule has 13 heavy (non-hydrogen) atoms. The van der Waals surface area contributed by atoms with Crippen LogP contribution in [-0.2, 0) is 0 Å². The third-order valence-electron chi connectivity index (χ3n) is 1.50. The van der Waals surface area contributed by atoms with Gasteiger partial charge in [-0.1, -0.05) is 11.6 Å². The minimum atomic E-state index is -0.0153. The third kappa shape index (κ3) is 2.18. The number of phenols is 1. The molecule has 1 aromatic carbocycles. The summed E-state index contributed by atoms with van der Waals surface area (Å²) in [5.74, 6) is 0.750. The predicted octanol–water partition coefficient (Wildman–Crippen LogP) is 2.45. The molecule has 0 amide bonds. The maximum atomic E-state index is 9.41. The van der Waals surface area contributed by atoms with Crippen molar-refractivity contribution >= 4 is 11.6 Å². The predicted molar refractivity (Wildman–Crippen MR) is 50.8 cm³/mol. The van der Waals surface area contributed by atoms with Crippen LogP contribution in [0, 0.1) is 0 Å². The molecule has 0 atom stereocenters. The average Bonchev–Trinajstić information content (AvgIpc) is 2.04. The number of ether oxygens (including phenoxy) is 2. The van der Waals surface area contributed by atoms with E-state index < -0.39 is 0 Å². The minimum Gasteiger partial charge on any atom is -0.504 e. The van der Waals surface area contributed by atoms with Crippen molar-refractivity contribution in [1.29, 1.82) is 0 Å². The molecule has 4 heteroatoms. The van der Waals surface area contributed by atoms with Crippen LogP contribution in [0.2, 0.25) is 5.02 Å². The van der Waals surface area contributed by atoms with Gasteiger partial charge in [-0.3, -0.25) is 0 Å². The van der Waals surface area contributed by atoms with Gasteiger partial charge in [0, 0.05) is 17.2 Å². The SMILES string of the molecule is CCOc1cc(Cl)cc(O)c1OC. The molecule has 0 heterocycles. The molecule has 0 aliphatic rings. The van der Waals surface area contributed by atoms with E-state index in [1.807, 2.05) is 6.92 Å². The standard InChI is InChI=1S/C9H11ClO3/c1-3-13-8-5-6(10)4-7(11)9(8)12-2/h4-5,11H,3H2,1-2H3. The van der Waals surface area contributed by atoms with Gasteiger partial charge in [0.2, 0.25) is 5.75 Å². The smallest absolute Gasteiger partial charge is 0.203 e. The van der Waals surface area contributed by atoms with Gasteiger partial charge in [-0.05, 0) is 6.92 Å². The molecule has 1 aromatic rings. The molecular formula is C9H11ClO3. The van der Waals surface area contributed by atoms with Crippen LogP contribution in [0.1, 0.15) is 6.92 Å². The van der Waals surface area contributed by atoms with Crippen molar-refractivity contribution in [2.24, 2.45) is 0 Å². The molecule has 0 bridgehead atoms. The summed E-state index contributed by atoms with van der Waals surface area (Å²) in [7, 11) is 1.46. The van der Waals surface area contributed by atoms with Gasteiger partial charge >= 0.3 is 0 Å². The summed E-state index contributed by atoms with van der Waals surface area (Å²) in [5, 5.41) is 9.83. The summed E-state index contributed by atoms with van der Waals surface area (Å²) in [4.78, 5) is 0. The number of hydrogen-bond acceptors (Lipinski definition) is 3. The first kappa shape index (κ1) is 9.99. The first-order valence-electron chi connectivity index (χ1n) is 3.88. The highest BCUT2D eigenvalue weighted by atomic mass is 35.5. The van der Waals surface area contributed by atoms with Crippen LogP contribution in [0.5, 0.6) is 17.2 Å². The van der Waals surface area contributed by atoms with Crippen LogP contribution in [-0.4, -0.2) is 18.8 Å². The van der Waals surface area contributed by atoms with Crippen LogP contribution >= 0.6 is 11.6 Å². The van der Waals surface area contributed by atoms with Crippen molar-refractivity contribution in [2.75, 3.05) is 13.7 Å². The first-order chi connectivity index (χ1) is 6.19. The lowest BCUT2D eigenvalue weighted by molar-refractivity contribution is 0.300. The molecule has 3 nitrogen and oxygen atoms in total. The molecule has 0 spiro atoms. The Balaban J connectivity index is 3.13. The van der Waals surface area contributed by atoms with Crippen molar-refractivity contribution in [3.63, 3.8) is 0 Å². The van der Waals surface area contributed by atoms with Crippen LogP contribution < -0.4 is 9.47 Å². The Labute approximate surface area is 81.9 Å². The lowest BCUT2D eigenvalue weighted by atomic mass is 10.3. The van der Waals surface area contributed by atoms with Gasteiger partial charge in [0.25, 0.3) is 0 Å². The van der Waals surface area contributed by atoms with Crippen LogP contribution in [0.3, 0.4) is 0 Å². The molecule has 0 aliphatic heterocycles. The van der Waals surface area contributed by atoms with Gasteiger partial charge in [-0.25, -0.2) is 0 Å². The number of aromatic hydroxyl groups is 1. The summed E-state index contributed by atoms with van der Waals surface area (Å²) >= 11 is 5.72. The van der Waals surface area contributed by atoms with E-state index in [0.717, 1.165) is 0 Å². The van der Waals surface area contributed by atoms with Crippen molar-refractivity contribution in [3.05, 3.63) is 17.2 Å². The number of halogens is 1. The van der Waals surface area contributed by atoms with Gasteiger partial charge in [0.1, 0.15) is 0 Å². The van der Waals surface area contributed by atoms with Crippen molar-refractivity contribution in [2.45, 2.75) is 6.92 Å². The zero-order valence-electron chi connectivity index (χ0n) is 7.50. The lowest BCUT2D eigenvalue weighted by Gasteiger charge is -2.10. The third-order valence-corrected chi connectivity index (χ3v) is 1.72. The largest absolute Gasteiger partial charge is 0.504 e. The molecule has 0 fully saturated rings. The molecule has 0 radical (unpaired) electrons. The first-order valence-corrected chi connectivity index (χ1v) is 4.26. The second kappa shape index (κ2) is 4.23. The molecule has 1 N–H and O–H groups in total. The maximum Gasteiger partial charge on any atom is 0.203 e. The van der Waals surface area contributed by atoms with Gasteiger partial charge in [-0.2, -0.15) is 0 Å². The van der Waals surface area contributed by atoms with E-state index in [4.69, 9.17) is 21.1 Å². The Morgan fingerprint density at radius 2 is 2.15 bits per heavy atom. The molecule has 72 valence electrons. The summed E-state index contributed by atoms with van der Waals surface area (Å²) in [6, 6.07) is 3.01. The van der Waals surface area contributed by atoms with E-state index in [9.17, 15) is 5.11 Å². The highest BCUT2D eigenvalue weighted by Gasteiger charge is 2.10. The number of hydrogen-bond donors (Lipinski definition) is 1. The van der Waals surface area contributed by atoms with Crippen LogP contribution in [0.25, 0.3) is 0 Å². The van der Waals surface area contributed by atoms with Crippen molar-refractivity contribution in [1.82, 2.24) is 0 Å². The van der Waals surface area contributed by atoms with Crippen molar-refractivity contribution in [3.8, 4) is 17.2 Å². The van der Waals surface area contributed by atoms with E-state index in [1.165, 1.54) is 13.2 Å². The zero-order chi connectivity index (χ0) is 9.84. The molecule has 1 rings (SSSR count). The van der Waals surface area contributed by atoms with E-state index in [0.29, 0.717) is 23.1 Å². The van der Waals surface area contributed by atoms with E-state index in [2.05, 4.69) is 0 Å². The Kier molecular flexibility index (Phi) is 3.25. The molecular weight excluding hydrogens is 192 g/mol. The Bertz CT molecular complexity index is 299. The Morgan fingerprint density at radius 3 is 2.69 bits per heavy atom. The molecule has 0 aromatic heterocycles. The average molecular weight is 203 g/mol. The Hall–Kier alpha value is -1.09. The summed E-state index contributed by atoms with van der Waals surface area (Å²) in [5.41, 5.74) is 0. The monoisotopic (exact) mass is 202 g/mol. The quantitative estimate of drug-likeness (QED) is 0.819. The van der Waals surface area contributed by atoms with E-state index in [1.54, 1.807) is 6.07 Å². The summed E-state index contributed by atoms with van der Waals surface area (Å²) in [6.45, 7) is 2.34. The van der Waals surface area contributed by atoms with E-state index >= 15 is 0 Å². The fourth-order valence-electron chi connectivity index (χ4n) is 1.02. The van der Waals surface area contributed by atoms with Crippen LogP contribution in [0.4, 0.5) is 0 Å². The van der Waals surface area contributed by atoms with Crippen LogP contribution in [0.15, 0.2) is 12.1 Å². The number of phenolic OH excluding ortho intramolecular Hbond substituents is 1. The highest BCUT2D eigenvalue weighted by molar-refractivity contribution is 6.31. The fraction of sp³-hybridized carbons (Fsp3) is 0.333. The summed E-state index contributed by atoms with van der Waals surface area (Å²) < 4.78 is 10.2. The van der Waals surface area contributed by atoms with Gasteiger partial charge < -0.3 is 14.6 Å². The van der Waals surface area contributed by atoms with Gasteiger partial charge in [-0.15, -0.1) is 0 Å². The topological polar surface area (TPSA) is 38.7 Å². The van der Waals surface area contributed by atoms with Gasteiger partial charge in [0.15, 0.2) is 11.5 Å². The minimum absolute atomic E-state index is 0.0153. The number of benzene rings is 1. The van der Waals surface area contributed by atoms with E-state index in [-0.39, 0.29) is 5.75 Å². The number of rotatable bonds is 3. The molecule has 0 aliphatic carbocycles. The molecule has 0 unspecified atom stereocenters. The maximum absolute atomic E-state index is 9.41. The molecule has 0 saturated carbocycles. The zero-order valence-corrected chi connectivity index (χ0v) is 8.26. The fourth-order valence-corrected chi connectivity index (χ4v) is 1.23. The Morgan fingerprint density at radius 1 is 1.46 bits per heavy atom.